The fourth-order valence-corrected chi connectivity index (χ4v) is 3.50. The minimum Gasteiger partial charge on any atom is -0.394 e. The summed E-state index contributed by atoms with van der Waals surface area (Å²) in [5.41, 5.74) is 0. The highest BCUT2D eigenvalue weighted by Gasteiger charge is 2.54. The standard InChI is InChI=1S/C14H27NO9/c1-4-8(18)12(22)11(21)7(15-4)9(19)6-10(20)14(23-2)24-13(6)5(17)3-16/h4-22H,3H2,1-2H3/t4?,5?,6?,7-,8-,9+,10?,11?,12?,13+,14+/m0/s1. The Balaban J connectivity index is 2.23. The lowest BCUT2D eigenvalue weighted by Crippen LogP contribution is -2.69. The second kappa shape index (κ2) is 7.87. The van der Waals surface area contributed by atoms with Crippen LogP contribution in [0.15, 0.2) is 0 Å². The third-order valence-corrected chi connectivity index (χ3v) is 4.94. The Hall–Kier alpha value is -0.400. The minimum atomic E-state index is -1.51. The molecule has 11 atom stereocenters. The molecule has 8 N–H and O–H groups in total. The van der Waals surface area contributed by atoms with Crippen molar-refractivity contribution < 1.29 is 45.2 Å². The summed E-state index contributed by atoms with van der Waals surface area (Å²) < 4.78 is 10.3. The molecule has 0 saturated carbocycles. The maximum Gasteiger partial charge on any atom is 0.184 e. The highest BCUT2D eigenvalue weighted by atomic mass is 16.7. The van der Waals surface area contributed by atoms with Gasteiger partial charge >= 0.3 is 0 Å². The van der Waals surface area contributed by atoms with Crippen LogP contribution in [0.2, 0.25) is 0 Å². The molecule has 24 heavy (non-hydrogen) atoms. The fraction of sp³-hybridized carbons (Fsp3) is 1.00. The number of methoxy groups -OCH3 is 1. The molecule has 0 aromatic heterocycles. The Kier molecular flexibility index (Phi) is 6.53. The minimum absolute atomic E-state index is 0.623. The van der Waals surface area contributed by atoms with E-state index >= 15 is 0 Å². The van der Waals surface area contributed by atoms with Crippen LogP contribution in [0.4, 0.5) is 0 Å². The highest BCUT2D eigenvalue weighted by Crippen LogP contribution is 2.35. The molecule has 2 aliphatic rings. The summed E-state index contributed by atoms with van der Waals surface area (Å²) in [6, 6.07) is -1.72. The first kappa shape index (κ1) is 19.9. The Morgan fingerprint density at radius 3 is 2.21 bits per heavy atom. The molecule has 0 radical (unpaired) electrons. The van der Waals surface area contributed by atoms with E-state index in [1.807, 2.05) is 0 Å². The third-order valence-electron chi connectivity index (χ3n) is 4.94. The van der Waals surface area contributed by atoms with Gasteiger partial charge in [-0.25, -0.2) is 0 Å². The molecular formula is C14H27NO9. The molecule has 0 aliphatic carbocycles. The summed E-state index contributed by atoms with van der Waals surface area (Å²) in [5, 5.41) is 72.6. The summed E-state index contributed by atoms with van der Waals surface area (Å²) in [6.07, 6.45) is -10.6. The molecule has 2 rings (SSSR count). The molecule has 142 valence electrons. The lowest BCUT2D eigenvalue weighted by atomic mass is 9.79. The van der Waals surface area contributed by atoms with Gasteiger partial charge in [-0.1, -0.05) is 0 Å². The first-order valence-electron chi connectivity index (χ1n) is 7.88. The quantitative estimate of drug-likeness (QED) is 0.241. The number of piperidine rings is 1. The summed E-state index contributed by atoms with van der Waals surface area (Å²) >= 11 is 0. The average molecular weight is 353 g/mol. The zero-order chi connectivity index (χ0) is 18.2. The van der Waals surface area contributed by atoms with Gasteiger partial charge in [-0.15, -0.1) is 0 Å². The Bertz CT molecular complexity index is 414. The van der Waals surface area contributed by atoms with E-state index in [4.69, 9.17) is 14.6 Å². The molecule has 6 unspecified atom stereocenters. The number of aliphatic hydroxyl groups is 7. The maximum absolute atomic E-state index is 10.7. The SMILES string of the molecule is CO[C@@H]1O[C@H](C(O)CO)C([C@@H](O)[C@@H]2NC(C)[C@H](O)C(O)C2O)C1O. The van der Waals surface area contributed by atoms with Crippen molar-refractivity contribution in [2.45, 2.75) is 68.0 Å². The monoisotopic (exact) mass is 353 g/mol. The van der Waals surface area contributed by atoms with E-state index in [0.29, 0.717) is 0 Å². The van der Waals surface area contributed by atoms with E-state index < -0.39 is 73.6 Å². The van der Waals surface area contributed by atoms with Crippen LogP contribution in [0.3, 0.4) is 0 Å². The molecule has 0 spiro atoms. The summed E-state index contributed by atoms with van der Waals surface area (Å²) in [6.45, 7) is 0.911. The molecule has 2 aliphatic heterocycles. The van der Waals surface area contributed by atoms with Crippen molar-refractivity contribution in [3.8, 4) is 0 Å². The lowest BCUT2D eigenvalue weighted by Gasteiger charge is -2.44. The van der Waals surface area contributed by atoms with Crippen molar-refractivity contribution in [1.82, 2.24) is 5.32 Å². The zero-order valence-corrected chi connectivity index (χ0v) is 13.5. The number of nitrogens with one attached hydrogen (secondary N) is 1. The van der Waals surface area contributed by atoms with Crippen molar-refractivity contribution >= 4 is 0 Å². The normalized spacial score (nSPS) is 49.1. The molecule has 2 fully saturated rings. The number of aliphatic hydroxyl groups excluding tert-OH is 7. The first-order chi connectivity index (χ1) is 11.2. The van der Waals surface area contributed by atoms with Crippen molar-refractivity contribution in [2.75, 3.05) is 13.7 Å². The predicted molar refractivity (Wildman–Crippen MR) is 78.7 cm³/mol. The van der Waals surface area contributed by atoms with Crippen molar-refractivity contribution in [2.24, 2.45) is 5.92 Å². The topological polar surface area (TPSA) is 172 Å². The summed E-state index contributed by atoms with van der Waals surface area (Å²) in [5.74, 6) is -1.10. The van der Waals surface area contributed by atoms with Crippen LogP contribution in [-0.4, -0.2) is 111 Å². The Labute approximate surface area is 139 Å². The molecule has 2 heterocycles. The summed E-state index contributed by atoms with van der Waals surface area (Å²) in [7, 11) is 1.28. The second-order valence-electron chi connectivity index (χ2n) is 6.47. The first-order valence-corrected chi connectivity index (χ1v) is 7.88. The molecule has 10 heteroatoms. The lowest BCUT2D eigenvalue weighted by molar-refractivity contribution is -0.167. The third kappa shape index (κ3) is 3.44. The van der Waals surface area contributed by atoms with Crippen LogP contribution < -0.4 is 5.32 Å². The van der Waals surface area contributed by atoms with Crippen LogP contribution in [0.5, 0.6) is 0 Å². The van der Waals surface area contributed by atoms with Gasteiger partial charge in [-0.05, 0) is 6.92 Å². The van der Waals surface area contributed by atoms with Gasteiger partial charge in [0.25, 0.3) is 0 Å². The van der Waals surface area contributed by atoms with Crippen LogP contribution >= 0.6 is 0 Å². The Morgan fingerprint density at radius 2 is 1.67 bits per heavy atom. The van der Waals surface area contributed by atoms with E-state index in [0.717, 1.165) is 0 Å². The molecule has 0 aromatic carbocycles. The Morgan fingerprint density at radius 1 is 1.04 bits per heavy atom. The molecule has 0 amide bonds. The second-order valence-corrected chi connectivity index (χ2v) is 6.47. The predicted octanol–water partition coefficient (Wildman–Crippen LogP) is -4.51. The van der Waals surface area contributed by atoms with Crippen molar-refractivity contribution in [3.05, 3.63) is 0 Å². The van der Waals surface area contributed by atoms with Crippen LogP contribution in [0.25, 0.3) is 0 Å². The zero-order valence-electron chi connectivity index (χ0n) is 13.5. The number of rotatable bonds is 5. The van der Waals surface area contributed by atoms with Crippen LogP contribution in [-0.2, 0) is 9.47 Å². The fourth-order valence-electron chi connectivity index (χ4n) is 3.50. The van der Waals surface area contributed by atoms with Crippen LogP contribution in [0.1, 0.15) is 6.92 Å². The van der Waals surface area contributed by atoms with Crippen molar-refractivity contribution in [1.29, 1.82) is 0 Å². The van der Waals surface area contributed by atoms with E-state index in [1.54, 1.807) is 6.92 Å². The van der Waals surface area contributed by atoms with Gasteiger partial charge in [0.05, 0.1) is 31.0 Å². The van der Waals surface area contributed by atoms with Gasteiger partial charge in [-0.2, -0.15) is 0 Å². The smallest absolute Gasteiger partial charge is 0.184 e. The van der Waals surface area contributed by atoms with Gasteiger partial charge in [0, 0.05) is 19.1 Å². The van der Waals surface area contributed by atoms with Gasteiger partial charge < -0.3 is 50.5 Å². The number of hydrogen-bond acceptors (Lipinski definition) is 10. The van der Waals surface area contributed by atoms with E-state index in [2.05, 4.69) is 5.32 Å². The molecule has 0 aromatic rings. The van der Waals surface area contributed by atoms with Gasteiger partial charge in [0.15, 0.2) is 6.29 Å². The molecule has 10 nitrogen and oxygen atoms in total. The molecule has 2 saturated heterocycles. The van der Waals surface area contributed by atoms with Crippen molar-refractivity contribution in [3.63, 3.8) is 0 Å². The van der Waals surface area contributed by atoms with Gasteiger partial charge in [-0.3, -0.25) is 0 Å². The number of ether oxygens (including phenoxy) is 2. The largest absolute Gasteiger partial charge is 0.394 e. The average Bonchev–Trinajstić information content (AvgIpc) is 2.91. The summed E-state index contributed by atoms with van der Waals surface area (Å²) in [4.78, 5) is 0. The van der Waals surface area contributed by atoms with E-state index in [-0.39, 0.29) is 0 Å². The van der Waals surface area contributed by atoms with Gasteiger partial charge in [0.2, 0.25) is 0 Å². The molecular weight excluding hydrogens is 326 g/mol. The number of hydrogen-bond donors (Lipinski definition) is 8. The van der Waals surface area contributed by atoms with E-state index in [9.17, 15) is 30.6 Å². The van der Waals surface area contributed by atoms with Gasteiger partial charge in [0.1, 0.15) is 24.4 Å². The highest BCUT2D eigenvalue weighted by molar-refractivity contribution is 5.05. The van der Waals surface area contributed by atoms with Crippen LogP contribution in [0, 0.1) is 5.92 Å². The molecule has 0 bridgehead atoms. The van der Waals surface area contributed by atoms with E-state index in [1.165, 1.54) is 7.11 Å². The maximum atomic E-state index is 10.7.